The number of aliphatic hydroxyl groups excluding tert-OH is 1. The van der Waals surface area contributed by atoms with Crippen LogP contribution < -0.4 is 4.18 Å². The molecule has 0 unspecified atom stereocenters. The van der Waals surface area contributed by atoms with Crippen molar-refractivity contribution >= 4 is 38.1 Å². The number of aromatic hydroxyl groups is 1. The lowest BCUT2D eigenvalue weighted by molar-refractivity contribution is 0.105. The Morgan fingerprint density at radius 2 is 1.53 bits per heavy atom. The molecule has 158 valence electrons. The third-order valence-electron chi connectivity index (χ3n) is 5.13. The van der Waals surface area contributed by atoms with E-state index < -0.39 is 21.7 Å². The summed E-state index contributed by atoms with van der Waals surface area (Å²) in [6.45, 7) is 0. The molecule has 2 N–H and O–H groups in total. The first-order chi connectivity index (χ1) is 15.3. The Morgan fingerprint density at radius 3 is 2.31 bits per heavy atom. The largest absolute Gasteiger partial charge is 0.506 e. The van der Waals surface area contributed by atoms with Crippen molar-refractivity contribution in [2.45, 2.75) is 4.90 Å². The maximum Gasteiger partial charge on any atom is 0.339 e. The van der Waals surface area contributed by atoms with Gasteiger partial charge in [-0.05, 0) is 42.5 Å². The van der Waals surface area contributed by atoms with E-state index in [0.717, 1.165) is 0 Å². The fourth-order valence-electron chi connectivity index (χ4n) is 3.62. The van der Waals surface area contributed by atoms with Crippen molar-refractivity contribution in [3.8, 4) is 11.5 Å². The fraction of sp³-hybridized carbons (Fsp3) is 0. The fourth-order valence-corrected chi connectivity index (χ4v) is 4.56. The highest BCUT2D eigenvalue weighted by molar-refractivity contribution is 7.87. The second-order valence-corrected chi connectivity index (χ2v) is 8.71. The van der Waals surface area contributed by atoms with E-state index in [2.05, 4.69) is 4.98 Å². The second kappa shape index (κ2) is 7.21. The number of carbonyl (C=O) groups excluding carboxylic acids is 1. The average Bonchev–Trinajstić information content (AvgIpc) is 3.03. The zero-order chi connectivity index (χ0) is 22.5. The first kappa shape index (κ1) is 19.8. The molecule has 0 spiro atoms. The van der Waals surface area contributed by atoms with Gasteiger partial charge < -0.3 is 14.4 Å². The van der Waals surface area contributed by atoms with Gasteiger partial charge in [0, 0.05) is 16.5 Å². The number of rotatable bonds is 4. The Balaban J connectivity index is 1.57. The van der Waals surface area contributed by atoms with Crippen molar-refractivity contribution in [2.24, 2.45) is 0 Å². The SMILES string of the molecule is O=C1C(c2nc3ccccc3cc2O)=C(O)c2cc(OS(=O)(=O)c3ccccc3)ccc21. The molecule has 0 saturated heterocycles. The summed E-state index contributed by atoms with van der Waals surface area (Å²) in [5.74, 6) is -1.27. The summed E-state index contributed by atoms with van der Waals surface area (Å²) in [4.78, 5) is 17.3. The maximum atomic E-state index is 13.0. The zero-order valence-corrected chi connectivity index (χ0v) is 17.2. The molecule has 7 nitrogen and oxygen atoms in total. The predicted octanol–water partition coefficient (Wildman–Crippen LogP) is 4.33. The minimum atomic E-state index is -4.09. The average molecular weight is 445 g/mol. The number of para-hydroxylation sites is 1. The quantitative estimate of drug-likeness (QED) is 0.450. The molecule has 3 aromatic carbocycles. The minimum Gasteiger partial charge on any atom is -0.506 e. The van der Waals surface area contributed by atoms with E-state index >= 15 is 0 Å². The smallest absolute Gasteiger partial charge is 0.339 e. The van der Waals surface area contributed by atoms with Crippen molar-refractivity contribution < 1.29 is 27.6 Å². The van der Waals surface area contributed by atoms with Crippen LogP contribution in [-0.2, 0) is 10.1 Å². The molecule has 32 heavy (non-hydrogen) atoms. The van der Waals surface area contributed by atoms with Crippen LogP contribution in [0.1, 0.15) is 21.6 Å². The van der Waals surface area contributed by atoms with Crippen LogP contribution in [0.3, 0.4) is 0 Å². The number of pyridine rings is 1. The monoisotopic (exact) mass is 445 g/mol. The highest BCUT2D eigenvalue weighted by atomic mass is 32.2. The van der Waals surface area contributed by atoms with Crippen molar-refractivity contribution in [1.29, 1.82) is 0 Å². The molecule has 0 atom stereocenters. The number of Topliss-reactive ketones (excluding diaryl/α,β-unsaturated/α-hetero) is 1. The number of allylic oxidation sites excluding steroid dienone is 1. The van der Waals surface area contributed by atoms with Crippen LogP contribution in [0.15, 0.2) is 83.8 Å². The molecular weight excluding hydrogens is 430 g/mol. The molecule has 4 aromatic rings. The van der Waals surface area contributed by atoms with Crippen LogP contribution in [0.4, 0.5) is 0 Å². The maximum absolute atomic E-state index is 13.0. The third kappa shape index (κ3) is 3.17. The van der Waals surface area contributed by atoms with Crippen LogP contribution in [-0.4, -0.2) is 29.4 Å². The van der Waals surface area contributed by atoms with Gasteiger partial charge in [-0.25, -0.2) is 4.98 Å². The minimum absolute atomic E-state index is 0.0256. The first-order valence-corrected chi connectivity index (χ1v) is 11.0. The molecule has 0 aliphatic heterocycles. The molecule has 1 aromatic heterocycles. The number of hydrogen-bond donors (Lipinski definition) is 2. The van der Waals surface area contributed by atoms with Gasteiger partial charge in [-0.15, -0.1) is 0 Å². The molecule has 0 amide bonds. The molecule has 8 heteroatoms. The Bertz CT molecular complexity index is 1540. The molecule has 5 rings (SSSR count). The Labute approximate surface area is 183 Å². The van der Waals surface area contributed by atoms with E-state index in [9.17, 15) is 23.4 Å². The van der Waals surface area contributed by atoms with Crippen LogP contribution >= 0.6 is 0 Å². The Hall–Kier alpha value is -4.17. The van der Waals surface area contributed by atoms with Gasteiger partial charge >= 0.3 is 10.1 Å². The molecule has 0 bridgehead atoms. The van der Waals surface area contributed by atoms with Gasteiger partial charge in [-0.1, -0.05) is 36.4 Å². The summed E-state index contributed by atoms with van der Waals surface area (Å²) in [6.07, 6.45) is 0. The van der Waals surface area contributed by atoms with Gasteiger partial charge in [0.15, 0.2) is 5.78 Å². The van der Waals surface area contributed by atoms with E-state index in [1.807, 2.05) is 0 Å². The van der Waals surface area contributed by atoms with Crippen molar-refractivity contribution in [1.82, 2.24) is 4.98 Å². The summed E-state index contributed by atoms with van der Waals surface area (Å²) in [5, 5.41) is 21.9. The van der Waals surface area contributed by atoms with Crippen molar-refractivity contribution in [2.75, 3.05) is 0 Å². The highest BCUT2D eigenvalue weighted by Gasteiger charge is 2.34. The lowest BCUT2D eigenvalue weighted by Gasteiger charge is -2.08. The van der Waals surface area contributed by atoms with Crippen LogP contribution in [0.5, 0.6) is 11.5 Å². The summed E-state index contributed by atoms with van der Waals surface area (Å²) >= 11 is 0. The van der Waals surface area contributed by atoms with Gasteiger partial charge in [-0.3, -0.25) is 4.79 Å². The van der Waals surface area contributed by atoms with Crippen LogP contribution in [0.2, 0.25) is 0 Å². The number of ketones is 1. The molecule has 0 fully saturated rings. The summed E-state index contributed by atoms with van der Waals surface area (Å²) in [7, 11) is -4.09. The Kier molecular flexibility index (Phi) is 4.45. The number of nitrogens with zero attached hydrogens (tertiary/aromatic N) is 1. The number of aromatic nitrogens is 1. The summed E-state index contributed by atoms with van der Waals surface area (Å²) in [6, 6.07) is 20.1. The second-order valence-electron chi connectivity index (χ2n) is 7.16. The van der Waals surface area contributed by atoms with E-state index in [4.69, 9.17) is 4.18 Å². The van der Waals surface area contributed by atoms with Crippen molar-refractivity contribution in [3.63, 3.8) is 0 Å². The highest BCUT2D eigenvalue weighted by Crippen LogP contribution is 2.41. The van der Waals surface area contributed by atoms with E-state index in [1.165, 1.54) is 36.4 Å². The molecule has 0 radical (unpaired) electrons. The lowest BCUT2D eigenvalue weighted by atomic mass is 10.0. The number of hydrogen-bond acceptors (Lipinski definition) is 7. The molecule has 1 heterocycles. The molecule has 1 aliphatic rings. The first-order valence-electron chi connectivity index (χ1n) is 9.56. The molecule has 1 aliphatic carbocycles. The standard InChI is InChI=1S/C24H15NO6S/c26-20-12-14-6-4-5-9-19(14)25-22(20)21-23(27)17-11-10-15(13-18(17)24(21)28)31-32(29,30)16-7-2-1-3-8-16/h1-13,26,28H. The van der Waals surface area contributed by atoms with Gasteiger partial charge in [0.1, 0.15) is 27.8 Å². The van der Waals surface area contributed by atoms with Gasteiger partial charge in [0.05, 0.1) is 11.1 Å². The summed E-state index contributed by atoms with van der Waals surface area (Å²) in [5.41, 5.74) is 0.576. The van der Waals surface area contributed by atoms with E-state index in [1.54, 1.807) is 42.5 Å². The predicted molar refractivity (Wildman–Crippen MR) is 118 cm³/mol. The van der Waals surface area contributed by atoms with Crippen molar-refractivity contribution in [3.05, 3.63) is 95.7 Å². The van der Waals surface area contributed by atoms with E-state index in [-0.39, 0.29) is 38.8 Å². The topological polar surface area (TPSA) is 114 Å². The van der Waals surface area contributed by atoms with Gasteiger partial charge in [0.25, 0.3) is 0 Å². The molecule has 0 saturated carbocycles. The lowest BCUT2D eigenvalue weighted by Crippen LogP contribution is -2.09. The Morgan fingerprint density at radius 1 is 0.812 bits per heavy atom. The van der Waals surface area contributed by atoms with Gasteiger partial charge in [0.2, 0.25) is 0 Å². The van der Waals surface area contributed by atoms with Gasteiger partial charge in [-0.2, -0.15) is 8.42 Å². The molecular formula is C24H15NO6S. The van der Waals surface area contributed by atoms with Crippen LogP contribution in [0, 0.1) is 0 Å². The zero-order valence-electron chi connectivity index (χ0n) is 16.4. The number of carbonyl (C=O) groups is 1. The van der Waals surface area contributed by atoms with E-state index in [0.29, 0.717) is 10.9 Å². The summed E-state index contributed by atoms with van der Waals surface area (Å²) < 4.78 is 30.2. The van der Waals surface area contributed by atoms with Crippen LogP contribution in [0.25, 0.3) is 22.2 Å². The number of benzene rings is 3. The number of aliphatic hydroxyl groups is 1. The number of fused-ring (bicyclic) bond motifs is 2. The normalized spacial score (nSPS) is 13.4. The third-order valence-corrected chi connectivity index (χ3v) is 6.39.